The van der Waals surface area contributed by atoms with Crippen LogP contribution in [0.3, 0.4) is 0 Å². The number of furan rings is 1. The van der Waals surface area contributed by atoms with E-state index in [1.807, 2.05) is 18.7 Å². The Morgan fingerprint density at radius 1 is 1.48 bits per heavy atom. The second-order valence-electron chi connectivity index (χ2n) is 6.17. The van der Waals surface area contributed by atoms with Crippen LogP contribution in [0.25, 0.3) is 0 Å². The summed E-state index contributed by atoms with van der Waals surface area (Å²) in [6, 6.07) is 3.47. The summed E-state index contributed by atoms with van der Waals surface area (Å²) in [6.45, 7) is 4.05. The van der Waals surface area contributed by atoms with E-state index in [2.05, 4.69) is 17.6 Å². The highest BCUT2D eigenvalue weighted by Gasteiger charge is 2.27. The lowest BCUT2D eigenvalue weighted by Crippen LogP contribution is -2.50. The van der Waals surface area contributed by atoms with Crippen molar-refractivity contribution >= 4 is 17.8 Å². The van der Waals surface area contributed by atoms with Crippen LogP contribution in [0.2, 0.25) is 0 Å². The number of hydrogen-bond donors (Lipinski definition) is 3. The van der Waals surface area contributed by atoms with Crippen LogP contribution in [-0.4, -0.2) is 34.2 Å². The molecule has 1 aliphatic rings. The molecule has 0 spiro atoms. The Balaban J connectivity index is 1.76. The van der Waals surface area contributed by atoms with Gasteiger partial charge in [-0.05, 0) is 37.7 Å². The van der Waals surface area contributed by atoms with Gasteiger partial charge in [-0.2, -0.15) is 11.8 Å². The summed E-state index contributed by atoms with van der Waals surface area (Å²) < 4.78 is 5.18. The van der Waals surface area contributed by atoms with Gasteiger partial charge in [0.05, 0.1) is 6.26 Å². The molecule has 130 valence electrons. The van der Waals surface area contributed by atoms with Gasteiger partial charge in [0.25, 0.3) is 0 Å². The molecule has 0 bridgehead atoms. The van der Waals surface area contributed by atoms with E-state index in [1.165, 1.54) is 25.5 Å². The van der Waals surface area contributed by atoms with Crippen LogP contribution in [0.5, 0.6) is 0 Å². The molecule has 0 saturated heterocycles. The Morgan fingerprint density at radius 3 is 2.96 bits per heavy atom. The van der Waals surface area contributed by atoms with Crippen molar-refractivity contribution in [3.05, 3.63) is 24.2 Å². The monoisotopic (exact) mass is 340 g/mol. The number of hydrogen-bond acceptors (Lipinski definition) is 4. The van der Waals surface area contributed by atoms with Crippen LogP contribution in [-0.2, 0) is 0 Å². The first-order valence-electron chi connectivity index (χ1n) is 8.50. The van der Waals surface area contributed by atoms with Crippen LogP contribution < -0.4 is 10.6 Å². The lowest BCUT2D eigenvalue weighted by molar-refractivity contribution is 0.129. The van der Waals surface area contributed by atoms with Gasteiger partial charge in [0.2, 0.25) is 0 Å². The zero-order valence-electron chi connectivity index (χ0n) is 14.0. The Bertz CT molecular complexity index is 464. The second-order valence-corrected chi connectivity index (χ2v) is 7.69. The molecule has 1 aromatic rings. The SMILES string of the molecule is CCSC1CCCCC1NC(=O)NC(C)CC(O)c1ccco1. The van der Waals surface area contributed by atoms with E-state index in [9.17, 15) is 9.90 Å². The van der Waals surface area contributed by atoms with Crippen molar-refractivity contribution in [2.24, 2.45) is 0 Å². The topological polar surface area (TPSA) is 74.5 Å². The molecule has 3 N–H and O–H groups in total. The number of aliphatic hydroxyl groups excluding tert-OH is 1. The van der Waals surface area contributed by atoms with Crippen molar-refractivity contribution in [2.75, 3.05) is 5.75 Å². The lowest BCUT2D eigenvalue weighted by Gasteiger charge is -2.32. The minimum absolute atomic E-state index is 0.129. The summed E-state index contributed by atoms with van der Waals surface area (Å²) in [5, 5.41) is 16.6. The Kier molecular flexibility index (Phi) is 7.30. The van der Waals surface area contributed by atoms with Crippen LogP contribution >= 0.6 is 11.8 Å². The fraction of sp³-hybridized carbons (Fsp3) is 0.706. The largest absolute Gasteiger partial charge is 0.467 e. The molecule has 1 saturated carbocycles. The molecule has 6 heteroatoms. The molecule has 2 amide bonds. The number of carbonyl (C=O) groups excluding carboxylic acids is 1. The molecule has 1 heterocycles. The zero-order chi connectivity index (χ0) is 16.7. The molecular weight excluding hydrogens is 312 g/mol. The van der Waals surface area contributed by atoms with E-state index in [4.69, 9.17) is 4.42 Å². The van der Waals surface area contributed by atoms with Crippen molar-refractivity contribution < 1.29 is 14.3 Å². The standard InChI is InChI=1S/C17H28N2O3S/c1-3-23-16-9-5-4-7-13(16)19-17(21)18-12(2)11-14(20)15-8-6-10-22-15/h6,8,10,12-14,16,20H,3-5,7,9,11H2,1-2H3,(H2,18,19,21). The van der Waals surface area contributed by atoms with Crippen molar-refractivity contribution in [1.29, 1.82) is 0 Å². The van der Waals surface area contributed by atoms with E-state index in [0.29, 0.717) is 17.4 Å². The van der Waals surface area contributed by atoms with Crippen LogP contribution in [0, 0.1) is 0 Å². The van der Waals surface area contributed by atoms with Crippen molar-refractivity contribution in [2.45, 2.75) is 69.4 Å². The molecular formula is C17H28N2O3S. The predicted octanol–water partition coefficient (Wildman–Crippen LogP) is 3.46. The molecule has 1 aromatic heterocycles. The molecule has 0 aromatic carbocycles. The first-order valence-corrected chi connectivity index (χ1v) is 9.55. The van der Waals surface area contributed by atoms with E-state index >= 15 is 0 Å². The first kappa shape index (κ1) is 18.2. The fourth-order valence-corrected chi connectivity index (χ4v) is 4.30. The quantitative estimate of drug-likeness (QED) is 0.711. The first-order chi connectivity index (χ1) is 11.1. The van der Waals surface area contributed by atoms with E-state index in [-0.39, 0.29) is 18.1 Å². The summed E-state index contributed by atoms with van der Waals surface area (Å²) in [5.41, 5.74) is 0. The number of nitrogens with one attached hydrogen (secondary N) is 2. The van der Waals surface area contributed by atoms with Gasteiger partial charge in [0.1, 0.15) is 11.9 Å². The maximum Gasteiger partial charge on any atom is 0.315 e. The van der Waals surface area contributed by atoms with E-state index in [1.54, 1.807) is 12.1 Å². The minimum Gasteiger partial charge on any atom is -0.467 e. The number of thioether (sulfide) groups is 1. The van der Waals surface area contributed by atoms with Crippen LogP contribution in [0.1, 0.15) is 57.8 Å². The van der Waals surface area contributed by atoms with Gasteiger partial charge in [0.15, 0.2) is 0 Å². The van der Waals surface area contributed by atoms with E-state index < -0.39 is 6.10 Å². The molecule has 2 rings (SSSR count). The summed E-state index contributed by atoms with van der Waals surface area (Å²) in [6.07, 6.45) is 5.93. The number of rotatable bonds is 7. The lowest BCUT2D eigenvalue weighted by atomic mass is 9.95. The van der Waals surface area contributed by atoms with Gasteiger partial charge in [-0.3, -0.25) is 0 Å². The maximum absolute atomic E-state index is 12.2. The van der Waals surface area contributed by atoms with Crippen molar-refractivity contribution in [3.63, 3.8) is 0 Å². The highest BCUT2D eigenvalue weighted by Crippen LogP contribution is 2.28. The number of carbonyl (C=O) groups is 1. The molecule has 4 unspecified atom stereocenters. The van der Waals surface area contributed by atoms with E-state index in [0.717, 1.165) is 12.2 Å². The average Bonchev–Trinajstić information content (AvgIpc) is 3.03. The van der Waals surface area contributed by atoms with Gasteiger partial charge in [-0.1, -0.05) is 19.8 Å². The second kappa shape index (κ2) is 9.23. The minimum atomic E-state index is -0.696. The number of amides is 2. The highest BCUT2D eigenvalue weighted by atomic mass is 32.2. The third kappa shape index (κ3) is 5.77. The van der Waals surface area contributed by atoms with Crippen molar-refractivity contribution in [3.8, 4) is 0 Å². The summed E-state index contributed by atoms with van der Waals surface area (Å²) in [7, 11) is 0. The molecule has 4 atom stereocenters. The third-order valence-electron chi connectivity index (χ3n) is 4.23. The van der Waals surface area contributed by atoms with Crippen molar-refractivity contribution in [1.82, 2.24) is 10.6 Å². The maximum atomic E-state index is 12.2. The molecule has 0 aliphatic heterocycles. The summed E-state index contributed by atoms with van der Waals surface area (Å²) in [4.78, 5) is 12.2. The molecule has 23 heavy (non-hydrogen) atoms. The van der Waals surface area contributed by atoms with Gasteiger partial charge in [0, 0.05) is 23.8 Å². The Hall–Kier alpha value is -1.14. The molecule has 1 aliphatic carbocycles. The molecule has 5 nitrogen and oxygen atoms in total. The zero-order valence-corrected chi connectivity index (χ0v) is 14.8. The van der Waals surface area contributed by atoms with Gasteiger partial charge in [-0.25, -0.2) is 4.79 Å². The van der Waals surface area contributed by atoms with Gasteiger partial charge >= 0.3 is 6.03 Å². The smallest absolute Gasteiger partial charge is 0.315 e. The third-order valence-corrected chi connectivity index (χ3v) is 5.55. The number of urea groups is 1. The summed E-state index contributed by atoms with van der Waals surface area (Å²) in [5.74, 6) is 1.61. The van der Waals surface area contributed by atoms with Crippen LogP contribution in [0.4, 0.5) is 4.79 Å². The number of aliphatic hydroxyl groups is 1. The van der Waals surface area contributed by atoms with Crippen LogP contribution in [0.15, 0.2) is 22.8 Å². The summed E-state index contributed by atoms with van der Waals surface area (Å²) >= 11 is 1.94. The van der Waals surface area contributed by atoms with Gasteiger partial charge in [-0.15, -0.1) is 0 Å². The Morgan fingerprint density at radius 2 is 2.26 bits per heavy atom. The highest BCUT2D eigenvalue weighted by molar-refractivity contribution is 7.99. The average molecular weight is 340 g/mol. The van der Waals surface area contributed by atoms with Gasteiger partial charge < -0.3 is 20.2 Å². The predicted molar refractivity (Wildman–Crippen MR) is 93.6 cm³/mol. The fourth-order valence-electron chi connectivity index (χ4n) is 3.10. The Labute approximate surface area is 142 Å². The normalized spacial score (nSPS) is 24.0. The molecule has 1 fully saturated rings. The molecule has 0 radical (unpaired) electrons.